The van der Waals surface area contributed by atoms with Gasteiger partial charge in [0, 0.05) is 19.4 Å². The highest BCUT2D eigenvalue weighted by molar-refractivity contribution is 5.86. The monoisotopic (exact) mass is 354 g/mol. The number of quaternary nitrogens is 1. The molecule has 0 unspecified atom stereocenters. The van der Waals surface area contributed by atoms with Gasteiger partial charge in [-0.3, -0.25) is 4.79 Å². The lowest BCUT2D eigenvalue weighted by atomic mass is 10.2. The third-order valence-corrected chi connectivity index (χ3v) is 3.48. The van der Waals surface area contributed by atoms with Gasteiger partial charge >= 0.3 is 5.97 Å². The molecule has 0 atom stereocenters. The highest BCUT2D eigenvalue weighted by Crippen LogP contribution is 2.02. The number of halogens is 1. The molecule has 0 saturated heterocycles. The van der Waals surface area contributed by atoms with Gasteiger partial charge in [-0.25, -0.2) is 4.79 Å². The fourth-order valence-corrected chi connectivity index (χ4v) is 2.19. The fraction of sp³-hybridized carbons (Fsp3) is 0.444. The molecule has 0 saturated carbocycles. The Balaban J connectivity index is 0.00000529. The second kappa shape index (κ2) is 11.6. The number of hydrogen-bond acceptors (Lipinski definition) is 3. The minimum absolute atomic E-state index is 0. The summed E-state index contributed by atoms with van der Waals surface area (Å²) in [5.74, 6) is -0.364. The summed E-state index contributed by atoms with van der Waals surface area (Å²) < 4.78 is 5.84. The van der Waals surface area contributed by atoms with Crippen molar-refractivity contribution in [2.75, 3.05) is 40.3 Å². The molecule has 0 aliphatic heterocycles. The van der Waals surface area contributed by atoms with E-state index in [-0.39, 0.29) is 24.3 Å². The van der Waals surface area contributed by atoms with E-state index in [9.17, 15) is 9.59 Å². The topological polar surface area (TPSA) is 55.4 Å². The summed E-state index contributed by atoms with van der Waals surface area (Å²) in [4.78, 5) is 23.0. The van der Waals surface area contributed by atoms with Crippen LogP contribution in [0.1, 0.15) is 12.0 Å². The highest BCUT2D eigenvalue weighted by Gasteiger charge is 2.20. The first kappa shape index (κ1) is 22.1. The summed E-state index contributed by atoms with van der Waals surface area (Å²) in [6.07, 6.45) is 2.78. The van der Waals surface area contributed by atoms with Crippen LogP contribution in [-0.2, 0) is 20.7 Å². The normalized spacial score (nSPS) is 10.4. The molecule has 1 aromatic rings. The molecule has 24 heavy (non-hydrogen) atoms. The van der Waals surface area contributed by atoms with Crippen LogP contribution in [0.2, 0.25) is 0 Å². The second-order valence-corrected chi connectivity index (χ2v) is 6.12. The standard InChI is InChI=1S/C18H26N2O3.ClH/c1-4-17(21)19-12-8-13-20(2,3)15-18(22)23-14-11-16-9-6-5-7-10-16;/h4-7,9-10H,1,8,11-15H2,2-3H3;1H. The van der Waals surface area contributed by atoms with Gasteiger partial charge in [-0.15, -0.1) is 0 Å². The van der Waals surface area contributed by atoms with Crippen molar-refractivity contribution in [3.63, 3.8) is 0 Å². The van der Waals surface area contributed by atoms with Gasteiger partial charge in [0.1, 0.15) is 0 Å². The van der Waals surface area contributed by atoms with E-state index in [0.717, 1.165) is 24.9 Å². The lowest BCUT2D eigenvalue weighted by molar-refractivity contribution is -0.883. The number of esters is 1. The number of ether oxygens (including phenoxy) is 1. The quantitative estimate of drug-likeness (QED) is 0.242. The molecule has 134 valence electrons. The number of hydrogen-bond donors (Lipinski definition) is 1. The van der Waals surface area contributed by atoms with Gasteiger partial charge in [-0.1, -0.05) is 36.9 Å². The number of benzene rings is 1. The summed E-state index contributed by atoms with van der Waals surface area (Å²) in [6, 6.07) is 9.95. The van der Waals surface area contributed by atoms with Crippen LogP contribution in [0.15, 0.2) is 43.0 Å². The molecule has 0 radical (unpaired) electrons. The second-order valence-electron chi connectivity index (χ2n) is 6.12. The number of nitrogens with zero attached hydrogens (tertiary/aromatic N) is 1. The van der Waals surface area contributed by atoms with Crippen molar-refractivity contribution in [1.29, 1.82) is 0 Å². The SMILES string of the molecule is C=CC(=O)NCCC[N+](C)(C)CC(=O)OCCc1ccccc1.[Cl-]. The molecule has 6 heteroatoms. The van der Waals surface area contributed by atoms with E-state index in [1.807, 2.05) is 44.4 Å². The van der Waals surface area contributed by atoms with E-state index < -0.39 is 0 Å². The third kappa shape index (κ3) is 10.0. The first-order chi connectivity index (χ1) is 10.9. The molecule has 0 aliphatic carbocycles. The number of rotatable bonds is 10. The first-order valence-corrected chi connectivity index (χ1v) is 7.85. The van der Waals surface area contributed by atoms with Crippen molar-refractivity contribution in [3.8, 4) is 0 Å². The maximum atomic E-state index is 11.9. The molecule has 0 bridgehead atoms. The van der Waals surface area contributed by atoms with Gasteiger partial charge in [-0.05, 0) is 11.6 Å². The molecule has 1 rings (SSSR count). The van der Waals surface area contributed by atoms with E-state index in [1.54, 1.807) is 0 Å². The number of likely N-dealkylation sites (N-methyl/N-ethyl adjacent to an activating group) is 1. The molecular weight excluding hydrogens is 328 g/mol. The van der Waals surface area contributed by atoms with E-state index >= 15 is 0 Å². The smallest absolute Gasteiger partial charge is 0.361 e. The van der Waals surface area contributed by atoms with Gasteiger partial charge in [0.05, 0.1) is 27.2 Å². The Bertz CT molecular complexity index is 518. The molecular formula is C18H27ClN2O3. The van der Waals surface area contributed by atoms with Gasteiger partial charge in [0.25, 0.3) is 0 Å². The Morgan fingerprint density at radius 1 is 1.25 bits per heavy atom. The predicted molar refractivity (Wildman–Crippen MR) is 90.8 cm³/mol. The summed E-state index contributed by atoms with van der Waals surface area (Å²) in [5, 5.41) is 2.73. The Hall–Kier alpha value is -1.85. The highest BCUT2D eigenvalue weighted by atomic mass is 35.5. The van der Waals surface area contributed by atoms with Crippen LogP contribution in [0, 0.1) is 0 Å². The van der Waals surface area contributed by atoms with Crippen molar-refractivity contribution in [2.45, 2.75) is 12.8 Å². The van der Waals surface area contributed by atoms with Gasteiger partial charge in [-0.2, -0.15) is 0 Å². The molecule has 0 heterocycles. The maximum absolute atomic E-state index is 11.9. The van der Waals surface area contributed by atoms with Crippen molar-refractivity contribution in [3.05, 3.63) is 48.6 Å². The number of amides is 1. The zero-order valence-corrected chi connectivity index (χ0v) is 15.2. The lowest BCUT2D eigenvalue weighted by Crippen LogP contribution is -3.00. The number of carbonyl (C=O) groups is 2. The summed E-state index contributed by atoms with van der Waals surface area (Å²) in [5.41, 5.74) is 1.16. The molecule has 1 N–H and O–H groups in total. The molecule has 0 spiro atoms. The van der Waals surface area contributed by atoms with Gasteiger partial charge in [0.15, 0.2) is 6.54 Å². The fourth-order valence-electron chi connectivity index (χ4n) is 2.19. The van der Waals surface area contributed by atoms with E-state index in [0.29, 0.717) is 24.2 Å². The van der Waals surface area contributed by atoms with Crippen LogP contribution in [0.4, 0.5) is 0 Å². The van der Waals surface area contributed by atoms with Crippen molar-refractivity contribution in [1.82, 2.24) is 5.32 Å². The van der Waals surface area contributed by atoms with Crippen LogP contribution in [0.5, 0.6) is 0 Å². The van der Waals surface area contributed by atoms with Crippen molar-refractivity contribution >= 4 is 11.9 Å². The van der Waals surface area contributed by atoms with Gasteiger partial charge < -0.3 is 26.9 Å². The van der Waals surface area contributed by atoms with E-state index in [1.165, 1.54) is 6.08 Å². The number of carbonyl (C=O) groups excluding carboxylic acids is 2. The Morgan fingerprint density at radius 2 is 1.92 bits per heavy atom. The average Bonchev–Trinajstić information content (AvgIpc) is 2.52. The molecule has 0 fully saturated rings. The minimum atomic E-state index is -0.193. The zero-order valence-electron chi connectivity index (χ0n) is 14.5. The molecule has 0 aromatic heterocycles. The zero-order chi connectivity index (χ0) is 17.1. The van der Waals surface area contributed by atoms with Crippen LogP contribution < -0.4 is 17.7 Å². The maximum Gasteiger partial charge on any atom is 0.361 e. The number of nitrogens with one attached hydrogen (secondary N) is 1. The van der Waals surface area contributed by atoms with Crippen LogP contribution in [0.3, 0.4) is 0 Å². The molecule has 1 aromatic carbocycles. The minimum Gasteiger partial charge on any atom is -1.00 e. The Morgan fingerprint density at radius 3 is 2.54 bits per heavy atom. The molecule has 5 nitrogen and oxygen atoms in total. The van der Waals surface area contributed by atoms with E-state index in [2.05, 4.69) is 11.9 Å². The largest absolute Gasteiger partial charge is 1.00 e. The van der Waals surface area contributed by atoms with Gasteiger partial charge in [0.2, 0.25) is 5.91 Å². The molecule has 0 aliphatic rings. The molecule has 1 amide bonds. The third-order valence-electron chi connectivity index (χ3n) is 3.48. The summed E-state index contributed by atoms with van der Waals surface area (Å²) in [7, 11) is 3.96. The summed E-state index contributed by atoms with van der Waals surface area (Å²) >= 11 is 0. The van der Waals surface area contributed by atoms with Crippen molar-refractivity contribution in [2.24, 2.45) is 0 Å². The predicted octanol–water partition coefficient (Wildman–Crippen LogP) is -1.45. The Labute approximate surface area is 150 Å². The average molecular weight is 355 g/mol. The van der Waals surface area contributed by atoms with Crippen LogP contribution in [0.25, 0.3) is 0 Å². The summed E-state index contributed by atoms with van der Waals surface area (Å²) in [6.45, 7) is 5.49. The lowest BCUT2D eigenvalue weighted by Gasteiger charge is -2.28. The van der Waals surface area contributed by atoms with Crippen molar-refractivity contribution < 1.29 is 31.2 Å². The van der Waals surface area contributed by atoms with E-state index in [4.69, 9.17) is 4.74 Å². The Kier molecular flexibility index (Phi) is 10.8. The van der Waals surface area contributed by atoms with Crippen LogP contribution >= 0.6 is 0 Å². The van der Waals surface area contributed by atoms with Crippen LogP contribution in [-0.4, -0.2) is 56.7 Å². The first-order valence-electron chi connectivity index (χ1n) is 7.85.